The van der Waals surface area contributed by atoms with Crippen LogP contribution in [0.15, 0.2) is 24.3 Å². The minimum absolute atomic E-state index is 0.0199. The fraction of sp³-hybridized carbons (Fsp3) is 0.931. The quantitative estimate of drug-likeness (QED) is 0.0320. The van der Waals surface area contributed by atoms with E-state index in [1.54, 1.807) is 0 Å². The van der Waals surface area contributed by atoms with Gasteiger partial charge in [-0.1, -0.05) is 449 Å². The Morgan fingerprint density at radius 2 is 0.538 bits per heavy atom. The number of esters is 1. The smallest absolute Gasteiger partial charge is 0.305 e. The van der Waals surface area contributed by atoms with Crippen molar-refractivity contribution in [3.63, 3.8) is 0 Å². The summed E-state index contributed by atoms with van der Waals surface area (Å²) in [5, 5.41) is 23.5. The molecule has 93 heavy (non-hydrogen) atoms. The molecule has 0 spiro atoms. The second kappa shape index (κ2) is 82.8. The highest BCUT2D eigenvalue weighted by Gasteiger charge is 2.20. The van der Waals surface area contributed by atoms with Crippen LogP contribution in [0.25, 0.3) is 0 Å². The molecule has 6 heteroatoms. The van der Waals surface area contributed by atoms with Crippen LogP contribution in [-0.4, -0.2) is 47.4 Å². The van der Waals surface area contributed by atoms with Gasteiger partial charge in [0.1, 0.15) is 0 Å². The van der Waals surface area contributed by atoms with Crippen LogP contribution in [0.1, 0.15) is 495 Å². The molecule has 0 fully saturated rings. The van der Waals surface area contributed by atoms with Crippen molar-refractivity contribution in [2.24, 2.45) is 0 Å². The van der Waals surface area contributed by atoms with Gasteiger partial charge in [0.05, 0.1) is 25.4 Å². The zero-order chi connectivity index (χ0) is 67.0. The van der Waals surface area contributed by atoms with E-state index in [1.807, 2.05) is 0 Å². The van der Waals surface area contributed by atoms with Gasteiger partial charge < -0.3 is 20.3 Å². The van der Waals surface area contributed by atoms with Crippen molar-refractivity contribution >= 4 is 11.9 Å². The van der Waals surface area contributed by atoms with Crippen molar-refractivity contribution in [3.05, 3.63) is 24.3 Å². The van der Waals surface area contributed by atoms with E-state index in [2.05, 4.69) is 43.5 Å². The summed E-state index contributed by atoms with van der Waals surface area (Å²) >= 11 is 0. The summed E-state index contributed by atoms with van der Waals surface area (Å²) in [5.74, 6) is -0.00678. The first kappa shape index (κ1) is 91.3. The van der Waals surface area contributed by atoms with E-state index in [-0.39, 0.29) is 18.5 Å². The van der Waals surface area contributed by atoms with Gasteiger partial charge >= 0.3 is 5.97 Å². The second-order valence-electron chi connectivity index (χ2n) is 29.9. The summed E-state index contributed by atoms with van der Waals surface area (Å²) in [6.45, 7) is 5.02. The van der Waals surface area contributed by atoms with Gasteiger partial charge in [0.15, 0.2) is 0 Å². The maximum Gasteiger partial charge on any atom is 0.305 e. The predicted octanol–water partition coefficient (Wildman–Crippen LogP) is 28.8. The number of ether oxygens (including phenoxy) is 1. The molecule has 552 valence electrons. The first-order valence-electron chi connectivity index (χ1n) is 43.1. The van der Waals surface area contributed by atoms with Crippen LogP contribution >= 0.6 is 0 Å². The van der Waals surface area contributed by atoms with E-state index in [0.29, 0.717) is 25.9 Å². The predicted molar refractivity (Wildman–Crippen MR) is 412 cm³/mol. The third-order valence-corrected chi connectivity index (χ3v) is 20.5. The number of aliphatic hydroxyl groups excluding tert-OH is 2. The molecule has 0 rings (SSSR count). The third kappa shape index (κ3) is 79.2. The summed E-state index contributed by atoms with van der Waals surface area (Å²) in [7, 11) is 0. The molecule has 0 heterocycles. The molecule has 6 nitrogen and oxygen atoms in total. The first-order chi connectivity index (χ1) is 46.0. The van der Waals surface area contributed by atoms with Gasteiger partial charge in [-0.25, -0.2) is 0 Å². The molecule has 0 aliphatic rings. The second-order valence-corrected chi connectivity index (χ2v) is 29.9. The zero-order valence-corrected chi connectivity index (χ0v) is 63.5. The number of carbonyl (C=O) groups is 2. The van der Waals surface area contributed by atoms with Gasteiger partial charge in [0.2, 0.25) is 5.91 Å². The van der Waals surface area contributed by atoms with Crippen LogP contribution in [0.3, 0.4) is 0 Å². The molecule has 0 aliphatic carbocycles. The van der Waals surface area contributed by atoms with Crippen molar-refractivity contribution < 1.29 is 24.5 Å². The van der Waals surface area contributed by atoms with Crippen LogP contribution in [-0.2, 0) is 14.3 Å². The van der Waals surface area contributed by atoms with Crippen LogP contribution in [0, 0.1) is 0 Å². The van der Waals surface area contributed by atoms with Crippen molar-refractivity contribution in [1.82, 2.24) is 5.32 Å². The number of rotatable bonds is 82. The minimum atomic E-state index is -0.665. The number of aliphatic hydroxyl groups is 2. The summed E-state index contributed by atoms with van der Waals surface area (Å²) in [4.78, 5) is 24.7. The molecule has 0 saturated heterocycles. The molecule has 2 atom stereocenters. The number of amides is 1. The first-order valence-corrected chi connectivity index (χ1v) is 43.1. The maximum atomic E-state index is 12.6. The van der Waals surface area contributed by atoms with Gasteiger partial charge in [-0.15, -0.1) is 0 Å². The zero-order valence-electron chi connectivity index (χ0n) is 63.5. The monoisotopic (exact) mass is 1310 g/mol. The lowest BCUT2D eigenvalue weighted by molar-refractivity contribution is -0.143. The number of allylic oxidation sites excluding steroid dienone is 4. The van der Waals surface area contributed by atoms with Crippen LogP contribution in [0.5, 0.6) is 0 Å². The summed E-state index contributed by atoms with van der Waals surface area (Å²) in [6.07, 6.45) is 107. The van der Waals surface area contributed by atoms with Gasteiger partial charge in [-0.05, 0) is 57.8 Å². The van der Waals surface area contributed by atoms with Gasteiger partial charge in [-0.2, -0.15) is 0 Å². The average molecular weight is 1310 g/mol. The fourth-order valence-electron chi connectivity index (χ4n) is 14.0. The minimum Gasteiger partial charge on any atom is -0.466 e. The fourth-order valence-corrected chi connectivity index (χ4v) is 14.0. The molecule has 0 aromatic heterocycles. The number of unbranched alkanes of at least 4 members (excludes halogenated alkanes) is 67. The van der Waals surface area contributed by atoms with E-state index in [4.69, 9.17) is 4.74 Å². The van der Waals surface area contributed by atoms with Gasteiger partial charge in [0, 0.05) is 12.8 Å². The van der Waals surface area contributed by atoms with Gasteiger partial charge in [0.25, 0.3) is 0 Å². The van der Waals surface area contributed by atoms with E-state index in [0.717, 1.165) is 44.9 Å². The van der Waals surface area contributed by atoms with E-state index in [1.165, 1.54) is 417 Å². The van der Waals surface area contributed by atoms with Crippen molar-refractivity contribution in [2.45, 2.75) is 508 Å². The normalized spacial score (nSPS) is 12.5. The van der Waals surface area contributed by atoms with E-state index < -0.39 is 12.1 Å². The van der Waals surface area contributed by atoms with Gasteiger partial charge in [-0.3, -0.25) is 9.59 Å². The number of hydrogen-bond donors (Lipinski definition) is 3. The number of hydrogen-bond acceptors (Lipinski definition) is 5. The Bertz CT molecular complexity index is 1460. The molecule has 0 aromatic carbocycles. The lowest BCUT2D eigenvalue weighted by Gasteiger charge is -2.22. The number of carbonyl (C=O) groups excluding carboxylic acids is 2. The molecule has 2 unspecified atom stereocenters. The molecule has 0 aliphatic heterocycles. The Hall–Kier alpha value is -1.66. The average Bonchev–Trinajstić information content (AvgIpc) is 3.78. The summed E-state index contributed by atoms with van der Waals surface area (Å²) in [5.41, 5.74) is 0. The third-order valence-electron chi connectivity index (χ3n) is 20.5. The molecule has 0 aromatic rings. The van der Waals surface area contributed by atoms with Crippen LogP contribution < -0.4 is 5.32 Å². The Balaban J connectivity index is 3.36. The lowest BCUT2D eigenvalue weighted by Crippen LogP contribution is -2.45. The standard InChI is InChI=1S/C87H169NO5/c1-3-5-7-9-11-13-15-17-19-21-23-24-25-35-38-41-44-47-51-55-59-63-67-71-75-79-85(90)84(83-89)88-86(91)80-76-72-68-64-60-56-52-48-45-42-39-36-33-31-29-27-26-28-30-32-34-37-40-43-46-50-54-58-62-66-70-74-78-82-93-87(92)81-77-73-69-65-61-57-53-49-22-20-18-16-14-12-10-8-6-4-2/h30,32,37,40,84-85,89-90H,3-29,31,33-36,38-39,41-83H2,1-2H3,(H,88,91)/b32-30-,40-37-. The Morgan fingerprint density at radius 3 is 0.817 bits per heavy atom. The van der Waals surface area contributed by atoms with Crippen molar-refractivity contribution in [2.75, 3.05) is 13.2 Å². The molecule has 0 bridgehead atoms. The van der Waals surface area contributed by atoms with Crippen LogP contribution in [0.4, 0.5) is 0 Å². The molecule has 0 saturated carbocycles. The molecule has 0 radical (unpaired) electrons. The maximum absolute atomic E-state index is 12.6. The van der Waals surface area contributed by atoms with E-state index in [9.17, 15) is 19.8 Å². The highest BCUT2D eigenvalue weighted by Crippen LogP contribution is 2.21. The number of nitrogens with one attached hydrogen (secondary N) is 1. The van der Waals surface area contributed by atoms with E-state index >= 15 is 0 Å². The summed E-state index contributed by atoms with van der Waals surface area (Å²) in [6, 6.07) is -0.542. The SMILES string of the molecule is CCCCCCCCCCCCCCCCCCCCCCCCCCCC(O)C(CO)NC(=O)CCCCCCCCCCCCCCCCCCC/C=C\C/C=C\CCCCCCCCCCCOC(=O)CCCCCCCCCCCCCCCCCCCC. The Labute approximate surface area is 583 Å². The van der Waals surface area contributed by atoms with Crippen LogP contribution in [0.2, 0.25) is 0 Å². The highest BCUT2D eigenvalue weighted by molar-refractivity contribution is 5.76. The molecular formula is C87H169NO5. The topological polar surface area (TPSA) is 95.9 Å². The molecule has 3 N–H and O–H groups in total. The highest BCUT2D eigenvalue weighted by atomic mass is 16.5. The molecular weight excluding hydrogens is 1140 g/mol. The largest absolute Gasteiger partial charge is 0.466 e. The van der Waals surface area contributed by atoms with Crippen molar-refractivity contribution in [3.8, 4) is 0 Å². The summed E-state index contributed by atoms with van der Waals surface area (Å²) < 4.78 is 5.52. The molecule has 1 amide bonds. The Kier molecular flexibility index (Phi) is 81.3. The van der Waals surface area contributed by atoms with Crippen molar-refractivity contribution in [1.29, 1.82) is 0 Å². The lowest BCUT2D eigenvalue weighted by atomic mass is 10.0. The Morgan fingerprint density at radius 1 is 0.301 bits per heavy atom.